The molecule has 0 aromatic heterocycles. The Morgan fingerprint density at radius 3 is 2.44 bits per heavy atom. The Bertz CT molecular complexity index is 501. The molecular formula is C15H20O2S. The second-order valence-electron chi connectivity index (χ2n) is 4.41. The Hall–Kier alpha value is -1.35. The second-order valence-corrected chi connectivity index (χ2v) is 6.54. The minimum Gasteiger partial charge on any atom is -0.223 e. The van der Waals surface area contributed by atoms with Gasteiger partial charge in [0.05, 0.1) is 10.1 Å². The van der Waals surface area contributed by atoms with Gasteiger partial charge >= 0.3 is 0 Å². The molecule has 0 N–H and O–H groups in total. The van der Waals surface area contributed by atoms with E-state index >= 15 is 0 Å². The molecule has 0 radical (unpaired) electrons. The van der Waals surface area contributed by atoms with E-state index in [1.54, 1.807) is 31.2 Å². The van der Waals surface area contributed by atoms with Gasteiger partial charge in [0.25, 0.3) is 0 Å². The average Bonchev–Trinajstić information content (AvgIpc) is 2.35. The molecule has 1 unspecified atom stereocenters. The Morgan fingerprint density at radius 1 is 1.33 bits per heavy atom. The SMILES string of the molecule is C=CCCCC(C(=C)C)S(=O)(=O)c1ccccc1. The largest absolute Gasteiger partial charge is 0.223 e. The zero-order valence-corrected chi connectivity index (χ0v) is 11.6. The zero-order valence-electron chi connectivity index (χ0n) is 10.8. The monoisotopic (exact) mass is 264 g/mol. The standard InChI is InChI=1S/C15H20O2S/c1-4-5-7-12-15(13(2)3)18(16,17)14-10-8-6-9-11-14/h4,6,8-11,15H,1-2,5,7,12H2,3H3. The molecule has 0 spiro atoms. The summed E-state index contributed by atoms with van der Waals surface area (Å²) < 4.78 is 25.0. The van der Waals surface area contributed by atoms with Gasteiger partial charge in [-0.25, -0.2) is 8.42 Å². The van der Waals surface area contributed by atoms with Crippen LogP contribution in [0, 0.1) is 0 Å². The molecule has 3 heteroatoms. The summed E-state index contributed by atoms with van der Waals surface area (Å²) in [6, 6.07) is 8.57. The third-order valence-corrected chi connectivity index (χ3v) is 5.19. The highest BCUT2D eigenvalue weighted by Gasteiger charge is 2.27. The van der Waals surface area contributed by atoms with Crippen molar-refractivity contribution in [1.29, 1.82) is 0 Å². The van der Waals surface area contributed by atoms with Gasteiger partial charge in [-0.2, -0.15) is 0 Å². The lowest BCUT2D eigenvalue weighted by atomic mass is 10.1. The maximum atomic E-state index is 12.5. The third kappa shape index (κ3) is 3.57. The Balaban J connectivity index is 2.98. The molecule has 1 atom stereocenters. The molecule has 0 bridgehead atoms. The van der Waals surface area contributed by atoms with E-state index in [1.165, 1.54) is 0 Å². The highest BCUT2D eigenvalue weighted by Crippen LogP contribution is 2.24. The molecule has 1 rings (SSSR count). The van der Waals surface area contributed by atoms with Crippen LogP contribution in [0.5, 0.6) is 0 Å². The van der Waals surface area contributed by atoms with Crippen molar-refractivity contribution in [1.82, 2.24) is 0 Å². The molecule has 0 saturated heterocycles. The fourth-order valence-corrected chi connectivity index (χ4v) is 3.76. The lowest BCUT2D eigenvalue weighted by molar-refractivity contribution is 0.577. The van der Waals surface area contributed by atoms with Gasteiger partial charge in [-0.3, -0.25) is 0 Å². The van der Waals surface area contributed by atoms with Crippen LogP contribution in [0.25, 0.3) is 0 Å². The molecule has 0 aliphatic rings. The molecular weight excluding hydrogens is 244 g/mol. The van der Waals surface area contributed by atoms with Gasteiger partial charge < -0.3 is 0 Å². The van der Waals surface area contributed by atoms with Gasteiger partial charge in [-0.05, 0) is 38.3 Å². The first-order valence-corrected chi connectivity index (χ1v) is 7.60. The predicted molar refractivity (Wildman–Crippen MR) is 76.3 cm³/mol. The van der Waals surface area contributed by atoms with Crippen LogP contribution in [-0.4, -0.2) is 13.7 Å². The Kier molecular flexibility index (Phi) is 5.35. The van der Waals surface area contributed by atoms with Crippen LogP contribution in [0.3, 0.4) is 0 Å². The molecule has 0 amide bonds. The van der Waals surface area contributed by atoms with Crippen LogP contribution in [0.1, 0.15) is 26.2 Å². The van der Waals surface area contributed by atoms with Crippen molar-refractivity contribution in [3.63, 3.8) is 0 Å². The molecule has 1 aromatic carbocycles. The first-order valence-electron chi connectivity index (χ1n) is 6.05. The van der Waals surface area contributed by atoms with Gasteiger partial charge in [0, 0.05) is 0 Å². The number of unbranched alkanes of at least 4 members (excludes halogenated alkanes) is 1. The van der Waals surface area contributed by atoms with E-state index in [1.807, 2.05) is 12.1 Å². The first-order chi connectivity index (χ1) is 8.50. The highest BCUT2D eigenvalue weighted by molar-refractivity contribution is 7.92. The van der Waals surface area contributed by atoms with Crippen molar-refractivity contribution in [2.75, 3.05) is 0 Å². The first kappa shape index (κ1) is 14.7. The minimum atomic E-state index is -3.31. The van der Waals surface area contributed by atoms with E-state index < -0.39 is 15.1 Å². The number of sulfone groups is 1. The van der Waals surface area contributed by atoms with E-state index in [-0.39, 0.29) is 0 Å². The van der Waals surface area contributed by atoms with E-state index in [0.717, 1.165) is 12.8 Å². The van der Waals surface area contributed by atoms with Crippen molar-refractivity contribution < 1.29 is 8.42 Å². The van der Waals surface area contributed by atoms with Crippen LogP contribution in [0.15, 0.2) is 60.0 Å². The number of hydrogen-bond acceptors (Lipinski definition) is 2. The molecule has 98 valence electrons. The molecule has 0 heterocycles. The fraction of sp³-hybridized carbons (Fsp3) is 0.333. The predicted octanol–water partition coefficient (Wildman–Crippen LogP) is 3.76. The van der Waals surface area contributed by atoms with Crippen molar-refractivity contribution in [2.24, 2.45) is 0 Å². The Morgan fingerprint density at radius 2 is 1.94 bits per heavy atom. The van der Waals surface area contributed by atoms with Crippen LogP contribution in [0.2, 0.25) is 0 Å². The number of hydrogen-bond donors (Lipinski definition) is 0. The van der Waals surface area contributed by atoms with Gasteiger partial charge in [-0.15, -0.1) is 6.58 Å². The second kappa shape index (κ2) is 6.55. The van der Waals surface area contributed by atoms with Gasteiger partial charge in [0.1, 0.15) is 0 Å². The fourth-order valence-electron chi connectivity index (χ4n) is 1.89. The summed E-state index contributed by atoms with van der Waals surface area (Å²) in [5.41, 5.74) is 0.697. The maximum absolute atomic E-state index is 12.5. The Labute approximate surface area is 110 Å². The number of rotatable bonds is 7. The normalized spacial score (nSPS) is 12.9. The summed E-state index contributed by atoms with van der Waals surface area (Å²) in [5.74, 6) is 0. The lowest BCUT2D eigenvalue weighted by Crippen LogP contribution is -2.22. The van der Waals surface area contributed by atoms with Crippen LogP contribution in [0.4, 0.5) is 0 Å². The van der Waals surface area contributed by atoms with Crippen LogP contribution >= 0.6 is 0 Å². The summed E-state index contributed by atoms with van der Waals surface area (Å²) in [5, 5.41) is -0.500. The topological polar surface area (TPSA) is 34.1 Å². The van der Waals surface area contributed by atoms with E-state index in [4.69, 9.17) is 0 Å². The highest BCUT2D eigenvalue weighted by atomic mass is 32.2. The van der Waals surface area contributed by atoms with Crippen LogP contribution < -0.4 is 0 Å². The summed E-state index contributed by atoms with van der Waals surface area (Å²) in [7, 11) is -3.31. The molecule has 0 fully saturated rings. The smallest absolute Gasteiger partial charge is 0.185 e. The van der Waals surface area contributed by atoms with E-state index in [9.17, 15) is 8.42 Å². The molecule has 18 heavy (non-hydrogen) atoms. The van der Waals surface area contributed by atoms with E-state index in [2.05, 4.69) is 13.2 Å². The average molecular weight is 264 g/mol. The molecule has 1 aromatic rings. The quantitative estimate of drug-likeness (QED) is 0.555. The molecule has 0 aliphatic carbocycles. The number of allylic oxidation sites excluding steroid dienone is 1. The molecule has 0 saturated carbocycles. The van der Waals surface area contributed by atoms with Gasteiger partial charge in [0.15, 0.2) is 9.84 Å². The summed E-state index contributed by atoms with van der Waals surface area (Å²) in [6.45, 7) is 9.25. The van der Waals surface area contributed by atoms with E-state index in [0.29, 0.717) is 16.9 Å². The number of benzene rings is 1. The third-order valence-electron chi connectivity index (χ3n) is 2.87. The zero-order chi connectivity index (χ0) is 13.6. The van der Waals surface area contributed by atoms with Gasteiger partial charge in [-0.1, -0.05) is 36.4 Å². The summed E-state index contributed by atoms with van der Waals surface area (Å²) >= 11 is 0. The van der Waals surface area contributed by atoms with Gasteiger partial charge in [0.2, 0.25) is 0 Å². The lowest BCUT2D eigenvalue weighted by Gasteiger charge is -2.17. The summed E-state index contributed by atoms with van der Waals surface area (Å²) in [6.07, 6.45) is 4.05. The maximum Gasteiger partial charge on any atom is 0.185 e. The van der Waals surface area contributed by atoms with Crippen molar-refractivity contribution in [2.45, 2.75) is 36.3 Å². The summed E-state index contributed by atoms with van der Waals surface area (Å²) in [4.78, 5) is 0.372. The minimum absolute atomic E-state index is 0.372. The van der Waals surface area contributed by atoms with Crippen molar-refractivity contribution in [3.05, 3.63) is 55.1 Å². The molecule has 2 nitrogen and oxygen atoms in total. The van der Waals surface area contributed by atoms with Crippen molar-refractivity contribution in [3.8, 4) is 0 Å². The van der Waals surface area contributed by atoms with Crippen molar-refractivity contribution >= 4 is 9.84 Å². The molecule has 0 aliphatic heterocycles. The van der Waals surface area contributed by atoms with Crippen LogP contribution in [-0.2, 0) is 9.84 Å².